The second-order valence-electron chi connectivity index (χ2n) is 2.64. The fourth-order valence-electron chi connectivity index (χ4n) is 1.10. The number of fused-ring (bicyclic) bond motifs is 1. The van der Waals surface area contributed by atoms with Gasteiger partial charge in [-0.2, -0.15) is 9.50 Å². The van der Waals surface area contributed by atoms with Crippen molar-refractivity contribution in [2.45, 2.75) is 13.3 Å². The average molecular weight is 179 g/mol. The molecular weight excluding hydrogens is 170 g/mol. The lowest BCUT2D eigenvalue weighted by atomic mass is 10.3. The van der Waals surface area contributed by atoms with Crippen LogP contribution in [-0.4, -0.2) is 24.7 Å². The summed E-state index contributed by atoms with van der Waals surface area (Å²) in [6.45, 7) is 1.94. The van der Waals surface area contributed by atoms with Crippen LogP contribution >= 0.6 is 0 Å². The van der Waals surface area contributed by atoms with Gasteiger partial charge in [0.25, 0.3) is 5.78 Å². The lowest BCUT2D eigenvalue weighted by Gasteiger charge is -1.98. The van der Waals surface area contributed by atoms with Crippen LogP contribution in [0.5, 0.6) is 5.88 Å². The molecule has 0 saturated carbocycles. The summed E-state index contributed by atoms with van der Waals surface area (Å²) >= 11 is 0. The van der Waals surface area contributed by atoms with Crippen LogP contribution in [0.2, 0.25) is 0 Å². The van der Waals surface area contributed by atoms with E-state index in [-0.39, 0.29) is 11.8 Å². The number of aryl methyl sites for hydroxylation is 1. The molecule has 0 aliphatic heterocycles. The SMILES string of the molecule is CCc1cc(O)n2nc(N)nc2n1. The molecule has 13 heavy (non-hydrogen) atoms. The lowest BCUT2D eigenvalue weighted by molar-refractivity contribution is 0.434. The van der Waals surface area contributed by atoms with Crippen molar-refractivity contribution in [2.24, 2.45) is 0 Å². The molecule has 3 N–H and O–H groups in total. The Balaban J connectivity index is 2.75. The van der Waals surface area contributed by atoms with Crippen molar-refractivity contribution in [1.82, 2.24) is 19.6 Å². The first-order chi connectivity index (χ1) is 6.20. The highest BCUT2D eigenvalue weighted by molar-refractivity contribution is 5.38. The Hall–Kier alpha value is -1.85. The van der Waals surface area contributed by atoms with E-state index in [0.29, 0.717) is 5.78 Å². The van der Waals surface area contributed by atoms with Crippen molar-refractivity contribution in [2.75, 3.05) is 5.73 Å². The number of hydrogen-bond donors (Lipinski definition) is 2. The summed E-state index contributed by atoms with van der Waals surface area (Å²) in [7, 11) is 0. The minimum Gasteiger partial charge on any atom is -0.493 e. The first kappa shape index (κ1) is 7.78. The molecule has 2 rings (SSSR count). The molecule has 0 fully saturated rings. The average Bonchev–Trinajstić information content (AvgIpc) is 2.46. The van der Waals surface area contributed by atoms with Crippen LogP contribution in [0.1, 0.15) is 12.6 Å². The zero-order valence-electron chi connectivity index (χ0n) is 7.10. The van der Waals surface area contributed by atoms with Gasteiger partial charge in [-0.1, -0.05) is 6.92 Å². The van der Waals surface area contributed by atoms with E-state index in [1.807, 2.05) is 6.92 Å². The maximum absolute atomic E-state index is 9.46. The fourth-order valence-corrected chi connectivity index (χ4v) is 1.10. The zero-order chi connectivity index (χ0) is 9.42. The number of aromatic hydroxyl groups is 1. The summed E-state index contributed by atoms with van der Waals surface area (Å²) in [5.41, 5.74) is 6.12. The van der Waals surface area contributed by atoms with E-state index in [1.165, 1.54) is 4.52 Å². The van der Waals surface area contributed by atoms with Crippen LogP contribution in [0.4, 0.5) is 5.95 Å². The monoisotopic (exact) mass is 179 g/mol. The molecule has 0 saturated heterocycles. The molecule has 0 amide bonds. The molecule has 68 valence electrons. The summed E-state index contributed by atoms with van der Waals surface area (Å²) in [5.74, 6) is 0.441. The highest BCUT2D eigenvalue weighted by Crippen LogP contribution is 2.12. The predicted molar refractivity (Wildman–Crippen MR) is 46.2 cm³/mol. The molecule has 0 bridgehead atoms. The highest BCUT2D eigenvalue weighted by Gasteiger charge is 2.06. The van der Waals surface area contributed by atoms with Gasteiger partial charge in [-0.05, 0) is 6.42 Å². The summed E-state index contributed by atoms with van der Waals surface area (Å²) in [4.78, 5) is 7.97. The van der Waals surface area contributed by atoms with Gasteiger partial charge in [0.1, 0.15) is 0 Å². The maximum Gasteiger partial charge on any atom is 0.257 e. The molecule has 0 aromatic carbocycles. The van der Waals surface area contributed by atoms with Crippen molar-refractivity contribution in [3.05, 3.63) is 11.8 Å². The van der Waals surface area contributed by atoms with Gasteiger partial charge in [0.15, 0.2) is 0 Å². The normalized spacial score (nSPS) is 10.8. The molecule has 0 aliphatic carbocycles. The topological polar surface area (TPSA) is 89.3 Å². The number of nitrogen functional groups attached to an aromatic ring is 1. The van der Waals surface area contributed by atoms with Crippen LogP contribution in [-0.2, 0) is 6.42 Å². The largest absolute Gasteiger partial charge is 0.493 e. The molecule has 0 unspecified atom stereocenters. The smallest absolute Gasteiger partial charge is 0.257 e. The quantitative estimate of drug-likeness (QED) is 0.641. The number of anilines is 1. The van der Waals surface area contributed by atoms with E-state index >= 15 is 0 Å². The van der Waals surface area contributed by atoms with Crippen molar-refractivity contribution in [1.29, 1.82) is 0 Å². The number of nitrogens with zero attached hydrogens (tertiary/aromatic N) is 4. The van der Waals surface area contributed by atoms with Crippen LogP contribution in [0.25, 0.3) is 5.78 Å². The summed E-state index contributed by atoms with van der Waals surface area (Å²) < 4.78 is 1.20. The number of hydrogen-bond acceptors (Lipinski definition) is 5. The third-order valence-corrected chi connectivity index (χ3v) is 1.73. The summed E-state index contributed by atoms with van der Waals surface area (Å²) in [5, 5.41) is 13.2. The Morgan fingerprint density at radius 2 is 2.31 bits per heavy atom. The second kappa shape index (κ2) is 2.58. The molecule has 0 spiro atoms. The maximum atomic E-state index is 9.46. The standard InChI is InChI=1S/C7H9N5O/c1-2-4-3-5(13)12-7(9-4)10-6(8)11-12/h3,13H,2H2,1H3,(H2,8,11). The number of nitrogens with two attached hydrogens (primary N) is 1. The summed E-state index contributed by atoms with van der Waals surface area (Å²) in [6.07, 6.45) is 0.733. The molecular formula is C7H9N5O. The van der Waals surface area contributed by atoms with Gasteiger partial charge < -0.3 is 10.8 Å². The van der Waals surface area contributed by atoms with Crippen molar-refractivity contribution >= 4 is 11.7 Å². The van der Waals surface area contributed by atoms with Gasteiger partial charge in [0.2, 0.25) is 11.8 Å². The highest BCUT2D eigenvalue weighted by atomic mass is 16.3. The Kier molecular flexibility index (Phi) is 1.54. The second-order valence-corrected chi connectivity index (χ2v) is 2.64. The minimum absolute atomic E-state index is 0.00560. The minimum atomic E-state index is 0.00560. The van der Waals surface area contributed by atoms with E-state index in [2.05, 4.69) is 15.1 Å². The Morgan fingerprint density at radius 1 is 1.54 bits per heavy atom. The van der Waals surface area contributed by atoms with Gasteiger partial charge in [0.05, 0.1) is 0 Å². The molecule has 6 heteroatoms. The molecule has 0 radical (unpaired) electrons. The zero-order valence-corrected chi connectivity index (χ0v) is 7.10. The fraction of sp³-hybridized carbons (Fsp3) is 0.286. The van der Waals surface area contributed by atoms with E-state index in [4.69, 9.17) is 5.73 Å². The van der Waals surface area contributed by atoms with Gasteiger partial charge in [-0.15, -0.1) is 5.10 Å². The van der Waals surface area contributed by atoms with Crippen LogP contribution in [0, 0.1) is 0 Å². The van der Waals surface area contributed by atoms with E-state index < -0.39 is 0 Å². The molecule has 2 aromatic rings. The van der Waals surface area contributed by atoms with Crippen molar-refractivity contribution in [3.63, 3.8) is 0 Å². The predicted octanol–water partition coefficient (Wildman–Crippen LogP) is -0.0255. The molecule has 0 atom stereocenters. The van der Waals surface area contributed by atoms with Crippen molar-refractivity contribution < 1.29 is 5.11 Å². The Labute approximate surface area is 74.0 Å². The van der Waals surface area contributed by atoms with Gasteiger partial charge in [-0.3, -0.25) is 0 Å². The Bertz CT molecular complexity index is 449. The molecule has 2 heterocycles. The summed E-state index contributed by atoms with van der Waals surface area (Å²) in [6, 6.07) is 1.54. The number of aromatic nitrogens is 4. The lowest BCUT2D eigenvalue weighted by Crippen LogP contribution is -1.95. The van der Waals surface area contributed by atoms with Crippen molar-refractivity contribution in [3.8, 4) is 5.88 Å². The molecule has 0 aliphatic rings. The third-order valence-electron chi connectivity index (χ3n) is 1.73. The van der Waals surface area contributed by atoms with Gasteiger partial charge in [-0.25, -0.2) is 4.98 Å². The number of rotatable bonds is 1. The van der Waals surface area contributed by atoms with Gasteiger partial charge in [0, 0.05) is 11.8 Å². The first-order valence-corrected chi connectivity index (χ1v) is 3.92. The Morgan fingerprint density at radius 3 is 3.00 bits per heavy atom. The van der Waals surface area contributed by atoms with Gasteiger partial charge >= 0.3 is 0 Å². The van der Waals surface area contributed by atoms with E-state index in [9.17, 15) is 5.11 Å². The molecule has 2 aromatic heterocycles. The molecule has 6 nitrogen and oxygen atoms in total. The third kappa shape index (κ3) is 1.16. The van der Waals surface area contributed by atoms with Crippen LogP contribution in [0.15, 0.2) is 6.07 Å². The first-order valence-electron chi connectivity index (χ1n) is 3.92. The van der Waals surface area contributed by atoms with Crippen LogP contribution < -0.4 is 5.73 Å². The van der Waals surface area contributed by atoms with E-state index in [1.54, 1.807) is 6.07 Å². The van der Waals surface area contributed by atoms with Crippen LogP contribution in [0.3, 0.4) is 0 Å². The van der Waals surface area contributed by atoms with E-state index in [0.717, 1.165) is 12.1 Å².